The summed E-state index contributed by atoms with van der Waals surface area (Å²) in [6.45, 7) is 2.25. The number of aromatic hydroxyl groups is 1. The Hall–Kier alpha value is -2.36. The van der Waals surface area contributed by atoms with Crippen molar-refractivity contribution in [1.29, 1.82) is 0 Å². The molecule has 2 aromatic carbocycles. The molecule has 0 bridgehead atoms. The Morgan fingerprint density at radius 1 is 1.39 bits per heavy atom. The highest BCUT2D eigenvalue weighted by Gasteiger charge is 2.16. The van der Waals surface area contributed by atoms with Gasteiger partial charge >= 0.3 is 0 Å². The van der Waals surface area contributed by atoms with Crippen molar-refractivity contribution in [2.24, 2.45) is 0 Å². The highest BCUT2D eigenvalue weighted by atomic mass is 16.3. The Kier molecular flexibility index (Phi) is 3.28. The van der Waals surface area contributed by atoms with Gasteiger partial charge in [0.1, 0.15) is 5.75 Å². The number of carbonyl (C=O) groups excluding carboxylic acids is 2. The van der Waals surface area contributed by atoms with Crippen molar-refractivity contribution in [2.75, 3.05) is 6.54 Å². The molecule has 0 atom stereocenters. The summed E-state index contributed by atoms with van der Waals surface area (Å²) in [4.78, 5) is 22.9. The zero-order valence-electron chi connectivity index (χ0n) is 9.93. The van der Waals surface area contributed by atoms with Crippen molar-refractivity contribution in [2.45, 2.75) is 6.92 Å². The number of nitrogens with one attached hydrogen (secondary N) is 1. The number of hydrogen-bond donors (Lipinski definition) is 2. The van der Waals surface area contributed by atoms with Crippen molar-refractivity contribution < 1.29 is 14.7 Å². The minimum atomic E-state index is -0.385. The number of hydrogen-bond acceptors (Lipinski definition) is 3. The summed E-state index contributed by atoms with van der Waals surface area (Å²) in [6.07, 6.45) is 0.570. The predicted octanol–water partition coefficient (Wildman–Crippen LogP) is 2.11. The van der Waals surface area contributed by atoms with Crippen LogP contribution in [0.1, 0.15) is 27.6 Å². The fraction of sp³-hybridized carbons (Fsp3) is 0.143. The van der Waals surface area contributed by atoms with E-state index < -0.39 is 0 Å². The highest BCUT2D eigenvalue weighted by molar-refractivity contribution is 6.08. The molecule has 4 heteroatoms. The molecule has 2 aromatic rings. The van der Waals surface area contributed by atoms with Crippen LogP contribution in [0.15, 0.2) is 30.3 Å². The third-order valence-electron chi connectivity index (χ3n) is 2.76. The predicted molar refractivity (Wildman–Crippen MR) is 69.0 cm³/mol. The molecule has 0 unspecified atom stereocenters. The van der Waals surface area contributed by atoms with Gasteiger partial charge < -0.3 is 10.4 Å². The Balaban J connectivity index is 2.72. The number of phenols is 1. The van der Waals surface area contributed by atoms with Crippen molar-refractivity contribution in [1.82, 2.24) is 5.32 Å². The molecule has 4 nitrogen and oxygen atoms in total. The first-order chi connectivity index (χ1) is 8.69. The Bertz CT molecular complexity index is 620. The lowest BCUT2D eigenvalue weighted by molar-refractivity contribution is 0.0953. The molecule has 0 aromatic heterocycles. The monoisotopic (exact) mass is 243 g/mol. The van der Waals surface area contributed by atoms with Crippen molar-refractivity contribution in [3.05, 3.63) is 41.5 Å². The molecule has 0 fully saturated rings. The molecule has 92 valence electrons. The molecule has 0 aliphatic carbocycles. The van der Waals surface area contributed by atoms with E-state index in [1.807, 2.05) is 6.07 Å². The number of fused-ring (bicyclic) bond motifs is 1. The zero-order chi connectivity index (χ0) is 13.1. The number of benzene rings is 2. The van der Waals surface area contributed by atoms with E-state index in [0.717, 1.165) is 5.39 Å². The maximum Gasteiger partial charge on any atom is 0.255 e. The summed E-state index contributed by atoms with van der Waals surface area (Å²) in [5.41, 5.74) is 0.270. The Labute approximate surface area is 104 Å². The normalized spacial score (nSPS) is 10.3. The number of rotatable bonds is 3. The minimum absolute atomic E-state index is 0.123. The van der Waals surface area contributed by atoms with Gasteiger partial charge in [0.25, 0.3) is 5.91 Å². The van der Waals surface area contributed by atoms with Crippen LogP contribution in [0.2, 0.25) is 0 Å². The molecule has 2 N–H and O–H groups in total. The fourth-order valence-electron chi connectivity index (χ4n) is 1.91. The molecule has 0 spiro atoms. The van der Waals surface area contributed by atoms with Gasteiger partial charge in [-0.15, -0.1) is 0 Å². The molecule has 0 saturated carbocycles. The quantitative estimate of drug-likeness (QED) is 0.811. The summed E-state index contributed by atoms with van der Waals surface area (Å²) in [5, 5.41) is 14.0. The second-order valence-corrected chi connectivity index (χ2v) is 3.88. The third-order valence-corrected chi connectivity index (χ3v) is 2.76. The van der Waals surface area contributed by atoms with Crippen molar-refractivity contribution in [3.63, 3.8) is 0 Å². The summed E-state index contributed by atoms with van der Waals surface area (Å²) < 4.78 is 0. The molecule has 0 heterocycles. The van der Waals surface area contributed by atoms with Gasteiger partial charge in [0, 0.05) is 6.54 Å². The van der Waals surface area contributed by atoms with E-state index in [1.165, 1.54) is 0 Å². The van der Waals surface area contributed by atoms with Gasteiger partial charge in [-0.2, -0.15) is 0 Å². The Morgan fingerprint density at radius 2 is 2.11 bits per heavy atom. The van der Waals surface area contributed by atoms with E-state index in [-0.39, 0.29) is 22.8 Å². The zero-order valence-corrected chi connectivity index (χ0v) is 9.93. The Morgan fingerprint density at radius 3 is 2.78 bits per heavy atom. The first-order valence-corrected chi connectivity index (χ1v) is 5.67. The standard InChI is InChI=1S/C14H13NO3/c1-2-15-14(18)11-7-9-5-3-4-6-10(9)12(8-16)13(11)17/h3-8,17H,2H2,1H3,(H,15,18). The number of carbonyl (C=O) groups is 2. The van der Waals surface area contributed by atoms with Crippen LogP contribution in [0.25, 0.3) is 10.8 Å². The first kappa shape index (κ1) is 12.1. The van der Waals surface area contributed by atoms with Gasteiger partial charge in [0.2, 0.25) is 0 Å². The molecule has 0 aliphatic rings. The van der Waals surface area contributed by atoms with Gasteiger partial charge in [-0.1, -0.05) is 24.3 Å². The topological polar surface area (TPSA) is 66.4 Å². The summed E-state index contributed by atoms with van der Waals surface area (Å²) in [5.74, 6) is -0.654. The number of phenolic OH excluding ortho intramolecular Hbond substituents is 1. The lowest BCUT2D eigenvalue weighted by Crippen LogP contribution is -2.23. The third kappa shape index (κ3) is 1.93. The van der Waals surface area contributed by atoms with E-state index >= 15 is 0 Å². The molecule has 0 radical (unpaired) electrons. The summed E-state index contributed by atoms with van der Waals surface area (Å²) in [6, 6.07) is 8.71. The SMILES string of the molecule is CCNC(=O)c1cc2ccccc2c(C=O)c1O. The second kappa shape index (κ2) is 4.87. The molecule has 2 rings (SSSR count). The molecule has 18 heavy (non-hydrogen) atoms. The number of aldehydes is 1. The van der Waals surface area contributed by atoms with Crippen LogP contribution in [-0.4, -0.2) is 23.8 Å². The largest absolute Gasteiger partial charge is 0.506 e. The van der Waals surface area contributed by atoms with Gasteiger partial charge in [-0.05, 0) is 23.8 Å². The lowest BCUT2D eigenvalue weighted by Gasteiger charge is -2.09. The van der Waals surface area contributed by atoms with Crippen LogP contribution in [0.4, 0.5) is 0 Å². The van der Waals surface area contributed by atoms with Gasteiger partial charge in [-0.25, -0.2) is 0 Å². The van der Waals surface area contributed by atoms with Crippen LogP contribution in [0.5, 0.6) is 5.75 Å². The molecule has 0 saturated heterocycles. The number of amides is 1. The maximum atomic E-state index is 11.8. The van der Waals surface area contributed by atoms with E-state index in [0.29, 0.717) is 18.2 Å². The smallest absolute Gasteiger partial charge is 0.255 e. The molecular formula is C14H13NO3. The average Bonchev–Trinajstić information content (AvgIpc) is 2.38. The molecule has 1 amide bonds. The summed E-state index contributed by atoms with van der Waals surface area (Å²) >= 11 is 0. The van der Waals surface area contributed by atoms with Crippen molar-refractivity contribution in [3.8, 4) is 5.75 Å². The molecule has 0 aliphatic heterocycles. The van der Waals surface area contributed by atoms with Crippen LogP contribution < -0.4 is 5.32 Å². The molecular weight excluding hydrogens is 230 g/mol. The van der Waals surface area contributed by atoms with E-state index in [2.05, 4.69) is 5.32 Å². The van der Waals surface area contributed by atoms with Crippen LogP contribution in [-0.2, 0) is 0 Å². The van der Waals surface area contributed by atoms with Crippen LogP contribution >= 0.6 is 0 Å². The van der Waals surface area contributed by atoms with E-state index in [1.54, 1.807) is 31.2 Å². The maximum absolute atomic E-state index is 11.8. The van der Waals surface area contributed by atoms with Crippen LogP contribution in [0, 0.1) is 0 Å². The van der Waals surface area contributed by atoms with Gasteiger partial charge in [0.05, 0.1) is 11.1 Å². The fourth-order valence-corrected chi connectivity index (χ4v) is 1.91. The second-order valence-electron chi connectivity index (χ2n) is 3.88. The first-order valence-electron chi connectivity index (χ1n) is 5.67. The minimum Gasteiger partial charge on any atom is -0.506 e. The summed E-state index contributed by atoms with van der Waals surface area (Å²) in [7, 11) is 0. The lowest BCUT2D eigenvalue weighted by atomic mass is 9.99. The van der Waals surface area contributed by atoms with E-state index in [9.17, 15) is 14.7 Å². The van der Waals surface area contributed by atoms with Crippen LogP contribution in [0.3, 0.4) is 0 Å². The van der Waals surface area contributed by atoms with Gasteiger partial charge in [0.15, 0.2) is 6.29 Å². The highest BCUT2D eigenvalue weighted by Crippen LogP contribution is 2.29. The van der Waals surface area contributed by atoms with Gasteiger partial charge in [-0.3, -0.25) is 9.59 Å². The van der Waals surface area contributed by atoms with Crippen molar-refractivity contribution >= 4 is 23.0 Å². The average molecular weight is 243 g/mol. The van der Waals surface area contributed by atoms with E-state index in [4.69, 9.17) is 0 Å².